The van der Waals surface area contributed by atoms with Crippen LogP contribution in [0.15, 0.2) is 41.6 Å². The number of benzene rings is 2. The predicted molar refractivity (Wildman–Crippen MR) is 82.2 cm³/mol. The third-order valence-corrected chi connectivity index (χ3v) is 3.81. The zero-order chi connectivity index (χ0) is 15.7. The highest BCUT2D eigenvalue weighted by Gasteiger charge is 2.27. The maximum absolute atomic E-state index is 12.1. The molecule has 22 heavy (non-hydrogen) atoms. The molecule has 0 unspecified atom stereocenters. The van der Waals surface area contributed by atoms with Crippen LogP contribution in [0.4, 0.5) is 0 Å². The van der Waals surface area contributed by atoms with Crippen LogP contribution in [-0.4, -0.2) is 30.9 Å². The minimum absolute atomic E-state index is 0.175. The number of carbonyl (C=O) groups is 1. The van der Waals surface area contributed by atoms with E-state index in [-0.39, 0.29) is 11.5 Å². The average molecular weight is 297 g/mol. The van der Waals surface area contributed by atoms with Gasteiger partial charge in [-0.15, -0.1) is 0 Å². The Morgan fingerprint density at radius 3 is 2.55 bits per heavy atom. The number of Topliss-reactive ketones (excluding diaryl/α,β-unsaturated/α-hetero) is 1. The van der Waals surface area contributed by atoms with Crippen molar-refractivity contribution in [3.63, 3.8) is 0 Å². The second-order valence-electron chi connectivity index (χ2n) is 4.99. The first-order chi connectivity index (χ1) is 10.7. The molecule has 0 amide bonds. The SMILES string of the molecule is COc1ccc(-c2ccc3c(c2)C(=O)/C(=N\O)C3)c(OC)c1. The van der Waals surface area contributed by atoms with Crippen LogP contribution in [-0.2, 0) is 6.42 Å². The van der Waals surface area contributed by atoms with Crippen molar-refractivity contribution < 1.29 is 19.5 Å². The highest BCUT2D eigenvalue weighted by Crippen LogP contribution is 2.35. The van der Waals surface area contributed by atoms with Crippen LogP contribution < -0.4 is 9.47 Å². The van der Waals surface area contributed by atoms with Crippen molar-refractivity contribution >= 4 is 11.5 Å². The van der Waals surface area contributed by atoms with E-state index in [1.165, 1.54) is 0 Å². The lowest BCUT2D eigenvalue weighted by Gasteiger charge is -2.11. The van der Waals surface area contributed by atoms with Crippen molar-refractivity contribution in [2.45, 2.75) is 6.42 Å². The summed E-state index contributed by atoms with van der Waals surface area (Å²) in [7, 11) is 3.19. The van der Waals surface area contributed by atoms with Gasteiger partial charge in [0.2, 0.25) is 5.78 Å². The molecule has 0 fully saturated rings. The number of ether oxygens (including phenoxy) is 2. The molecule has 5 heteroatoms. The number of oxime groups is 1. The van der Waals surface area contributed by atoms with Crippen LogP contribution in [0.2, 0.25) is 0 Å². The van der Waals surface area contributed by atoms with Gasteiger partial charge >= 0.3 is 0 Å². The fraction of sp³-hybridized carbons (Fsp3) is 0.176. The van der Waals surface area contributed by atoms with Gasteiger partial charge in [0, 0.05) is 23.6 Å². The van der Waals surface area contributed by atoms with Gasteiger partial charge in [0.25, 0.3) is 0 Å². The highest BCUT2D eigenvalue weighted by atomic mass is 16.5. The molecule has 2 aromatic rings. The second kappa shape index (κ2) is 5.52. The molecular formula is C17H15NO4. The topological polar surface area (TPSA) is 68.1 Å². The summed E-state index contributed by atoms with van der Waals surface area (Å²) in [5, 5.41) is 11.9. The van der Waals surface area contributed by atoms with Gasteiger partial charge in [-0.3, -0.25) is 4.79 Å². The standard InChI is InChI=1S/C17H15NO4/c1-21-12-5-6-13(16(9-12)22-2)10-3-4-11-8-15(18-20)17(19)14(11)7-10/h3-7,9,20H,8H2,1-2H3/b18-15-. The van der Waals surface area contributed by atoms with Crippen molar-refractivity contribution in [3.05, 3.63) is 47.5 Å². The van der Waals surface area contributed by atoms with E-state index in [1.54, 1.807) is 26.4 Å². The second-order valence-corrected chi connectivity index (χ2v) is 4.99. The van der Waals surface area contributed by atoms with Crippen LogP contribution >= 0.6 is 0 Å². The molecule has 1 aliphatic rings. The minimum Gasteiger partial charge on any atom is -0.497 e. The predicted octanol–water partition coefficient (Wildman–Crippen LogP) is 2.94. The van der Waals surface area contributed by atoms with Gasteiger partial charge in [-0.25, -0.2) is 0 Å². The van der Waals surface area contributed by atoms with E-state index in [9.17, 15) is 4.79 Å². The Morgan fingerprint density at radius 2 is 1.86 bits per heavy atom. The monoisotopic (exact) mass is 297 g/mol. The van der Waals surface area contributed by atoms with Crippen molar-refractivity contribution in [2.75, 3.05) is 14.2 Å². The summed E-state index contributed by atoms with van der Waals surface area (Å²) in [6, 6.07) is 11.1. The van der Waals surface area contributed by atoms with Crippen LogP contribution in [0, 0.1) is 0 Å². The molecule has 3 rings (SSSR count). The van der Waals surface area contributed by atoms with Gasteiger partial charge in [0.15, 0.2) is 0 Å². The Bertz CT molecular complexity index is 780. The fourth-order valence-corrected chi connectivity index (χ4v) is 2.64. The lowest BCUT2D eigenvalue weighted by molar-refractivity contribution is 0.106. The molecular weight excluding hydrogens is 282 g/mol. The first-order valence-corrected chi connectivity index (χ1v) is 6.79. The Hall–Kier alpha value is -2.82. The van der Waals surface area contributed by atoms with Gasteiger partial charge in [-0.05, 0) is 29.3 Å². The van der Waals surface area contributed by atoms with E-state index in [0.29, 0.717) is 23.5 Å². The summed E-state index contributed by atoms with van der Waals surface area (Å²) in [5.41, 5.74) is 3.35. The van der Waals surface area contributed by atoms with Crippen molar-refractivity contribution in [1.29, 1.82) is 0 Å². The molecule has 112 valence electrons. The van der Waals surface area contributed by atoms with Crippen LogP contribution in [0.25, 0.3) is 11.1 Å². The molecule has 1 N–H and O–H groups in total. The molecule has 0 spiro atoms. The zero-order valence-corrected chi connectivity index (χ0v) is 12.3. The summed E-state index contributed by atoms with van der Waals surface area (Å²) in [5.74, 6) is 1.14. The smallest absolute Gasteiger partial charge is 0.211 e. The van der Waals surface area contributed by atoms with Gasteiger partial charge in [0.05, 0.1) is 14.2 Å². The number of rotatable bonds is 3. The molecule has 0 aromatic heterocycles. The van der Waals surface area contributed by atoms with Gasteiger partial charge in [-0.2, -0.15) is 0 Å². The fourth-order valence-electron chi connectivity index (χ4n) is 2.64. The van der Waals surface area contributed by atoms with E-state index in [2.05, 4.69) is 5.16 Å². The third-order valence-electron chi connectivity index (χ3n) is 3.81. The third kappa shape index (κ3) is 2.20. The van der Waals surface area contributed by atoms with Gasteiger partial charge in [0.1, 0.15) is 17.2 Å². The Labute approximate surface area is 127 Å². The summed E-state index contributed by atoms with van der Waals surface area (Å²) in [6.45, 7) is 0. The number of fused-ring (bicyclic) bond motifs is 1. The number of methoxy groups -OCH3 is 2. The first-order valence-electron chi connectivity index (χ1n) is 6.79. The molecule has 1 aliphatic carbocycles. The maximum atomic E-state index is 12.1. The molecule has 0 saturated heterocycles. The average Bonchev–Trinajstić information content (AvgIpc) is 2.89. The molecule has 0 saturated carbocycles. The maximum Gasteiger partial charge on any atom is 0.211 e. The molecule has 0 heterocycles. The van der Waals surface area contributed by atoms with E-state index in [0.717, 1.165) is 16.7 Å². The normalized spacial score (nSPS) is 15.0. The van der Waals surface area contributed by atoms with Gasteiger partial charge in [-0.1, -0.05) is 17.3 Å². The summed E-state index contributed by atoms with van der Waals surface area (Å²) >= 11 is 0. The van der Waals surface area contributed by atoms with E-state index >= 15 is 0 Å². The Kier molecular flexibility index (Phi) is 3.55. The van der Waals surface area contributed by atoms with Crippen molar-refractivity contribution in [3.8, 4) is 22.6 Å². The van der Waals surface area contributed by atoms with Crippen LogP contribution in [0.1, 0.15) is 15.9 Å². The molecule has 0 bridgehead atoms. The number of ketones is 1. The summed E-state index contributed by atoms with van der Waals surface area (Å²) in [4.78, 5) is 12.1. The lowest BCUT2D eigenvalue weighted by Crippen LogP contribution is -2.06. The summed E-state index contributed by atoms with van der Waals surface area (Å²) in [6.07, 6.45) is 0.366. The quantitative estimate of drug-likeness (QED) is 0.698. The van der Waals surface area contributed by atoms with Gasteiger partial charge < -0.3 is 14.7 Å². The first kappa shape index (κ1) is 14.1. The molecule has 0 radical (unpaired) electrons. The Morgan fingerprint density at radius 1 is 1.05 bits per heavy atom. The number of carbonyl (C=O) groups excluding carboxylic acids is 1. The zero-order valence-electron chi connectivity index (χ0n) is 12.3. The summed E-state index contributed by atoms with van der Waals surface area (Å²) < 4.78 is 10.6. The minimum atomic E-state index is -0.230. The molecule has 0 aliphatic heterocycles. The number of hydrogen-bond acceptors (Lipinski definition) is 5. The van der Waals surface area contributed by atoms with Crippen molar-refractivity contribution in [1.82, 2.24) is 0 Å². The largest absolute Gasteiger partial charge is 0.497 e. The molecule has 2 aromatic carbocycles. The molecule has 5 nitrogen and oxygen atoms in total. The van der Waals surface area contributed by atoms with Crippen LogP contribution in [0.5, 0.6) is 11.5 Å². The van der Waals surface area contributed by atoms with E-state index in [1.807, 2.05) is 24.3 Å². The Balaban J connectivity index is 2.09. The van der Waals surface area contributed by atoms with E-state index < -0.39 is 0 Å². The lowest BCUT2D eigenvalue weighted by atomic mass is 9.99. The van der Waals surface area contributed by atoms with E-state index in [4.69, 9.17) is 14.7 Å². The molecule has 0 atom stereocenters. The number of hydrogen-bond donors (Lipinski definition) is 1. The highest BCUT2D eigenvalue weighted by molar-refractivity contribution is 6.49. The van der Waals surface area contributed by atoms with Crippen molar-refractivity contribution in [2.24, 2.45) is 5.16 Å². The van der Waals surface area contributed by atoms with Crippen LogP contribution in [0.3, 0.4) is 0 Å². The number of nitrogens with zero attached hydrogens (tertiary/aromatic N) is 1.